The molecule has 0 aliphatic carbocycles. The van der Waals surface area contributed by atoms with Gasteiger partial charge in [-0.2, -0.15) is 5.10 Å². The fourth-order valence-electron chi connectivity index (χ4n) is 2.29. The molecule has 0 fully saturated rings. The van der Waals surface area contributed by atoms with Crippen LogP contribution in [0.1, 0.15) is 5.69 Å². The van der Waals surface area contributed by atoms with Crippen LogP contribution < -0.4 is 10.5 Å². The molecule has 2 aromatic rings. The van der Waals surface area contributed by atoms with Gasteiger partial charge in [-0.05, 0) is 31.7 Å². The fourth-order valence-corrected chi connectivity index (χ4v) is 3.41. The molecule has 2 rings (SSSR count). The van der Waals surface area contributed by atoms with E-state index in [2.05, 4.69) is 15.6 Å². The maximum Gasteiger partial charge on any atom is 0.240 e. The van der Waals surface area contributed by atoms with E-state index in [0.717, 1.165) is 0 Å². The van der Waals surface area contributed by atoms with Crippen LogP contribution in [0.5, 0.6) is 0 Å². The standard InChI is InChI=1S/C15H18ClFN4O2S/c1-10-14(15(16)21(20-10)9-12(17)6-7-18)11-4-3-5-13(8-11)24(22,23)19-2/h3-6,8,19H,7,9,18H2,1-2H3/p+1. The Morgan fingerprint density at radius 3 is 2.83 bits per heavy atom. The van der Waals surface area contributed by atoms with E-state index in [1.807, 2.05) is 0 Å². The third-order valence-corrected chi connectivity index (χ3v) is 5.23. The fraction of sp³-hybridized carbons (Fsp3) is 0.267. The minimum Gasteiger partial charge on any atom is -0.354 e. The SMILES string of the molecule is CNS(=O)(=O)c1cccc(-c2c(C)nn(CC(F)=CC[NH3+])c2Cl)c1. The zero-order chi connectivity index (χ0) is 17.9. The number of rotatable bonds is 6. The number of nitrogens with zero attached hydrogens (tertiary/aromatic N) is 2. The lowest BCUT2D eigenvalue weighted by Gasteiger charge is -2.06. The molecule has 4 N–H and O–H groups in total. The minimum atomic E-state index is -3.57. The predicted molar refractivity (Wildman–Crippen MR) is 90.6 cm³/mol. The van der Waals surface area contributed by atoms with Gasteiger partial charge in [0.15, 0.2) is 0 Å². The molecular weight excluding hydrogens is 355 g/mol. The van der Waals surface area contributed by atoms with Gasteiger partial charge in [0.1, 0.15) is 11.0 Å². The molecule has 0 unspecified atom stereocenters. The van der Waals surface area contributed by atoms with E-state index >= 15 is 0 Å². The van der Waals surface area contributed by atoms with Crippen molar-refractivity contribution in [3.63, 3.8) is 0 Å². The van der Waals surface area contributed by atoms with Crippen molar-refractivity contribution in [2.75, 3.05) is 13.6 Å². The van der Waals surface area contributed by atoms with E-state index < -0.39 is 10.0 Å². The number of sulfonamides is 1. The highest BCUT2D eigenvalue weighted by atomic mass is 35.5. The average Bonchev–Trinajstić information content (AvgIpc) is 2.81. The zero-order valence-corrected chi connectivity index (χ0v) is 15.0. The van der Waals surface area contributed by atoms with Gasteiger partial charge >= 0.3 is 0 Å². The maximum atomic E-state index is 13.7. The van der Waals surface area contributed by atoms with E-state index in [9.17, 15) is 12.8 Å². The molecular formula is C15H19ClFN4O2S+. The molecule has 6 nitrogen and oxygen atoms in total. The predicted octanol–water partition coefficient (Wildman–Crippen LogP) is 1.52. The van der Waals surface area contributed by atoms with Crippen LogP contribution >= 0.6 is 11.6 Å². The van der Waals surface area contributed by atoms with E-state index in [-0.39, 0.29) is 22.4 Å². The third kappa shape index (κ3) is 3.84. The number of halogens is 2. The Balaban J connectivity index is 2.49. The van der Waals surface area contributed by atoms with Crippen molar-refractivity contribution in [3.05, 3.63) is 47.0 Å². The summed E-state index contributed by atoms with van der Waals surface area (Å²) in [5.74, 6) is -0.382. The number of allylic oxidation sites excluding steroid dienone is 1. The maximum absolute atomic E-state index is 13.7. The number of nitrogens with one attached hydrogen (secondary N) is 1. The summed E-state index contributed by atoms with van der Waals surface area (Å²) in [6.45, 7) is 1.98. The molecule has 130 valence electrons. The molecule has 0 atom stereocenters. The van der Waals surface area contributed by atoms with Crippen LogP contribution in [-0.2, 0) is 16.6 Å². The van der Waals surface area contributed by atoms with Crippen molar-refractivity contribution in [2.45, 2.75) is 18.4 Å². The monoisotopic (exact) mass is 373 g/mol. The first kappa shape index (κ1) is 18.6. The van der Waals surface area contributed by atoms with Crippen LogP contribution in [-0.4, -0.2) is 31.8 Å². The Bertz CT molecular complexity index is 878. The first-order valence-corrected chi connectivity index (χ1v) is 9.07. The second kappa shape index (κ2) is 7.43. The highest BCUT2D eigenvalue weighted by molar-refractivity contribution is 7.89. The van der Waals surface area contributed by atoms with Gasteiger partial charge in [0.05, 0.1) is 23.7 Å². The van der Waals surface area contributed by atoms with E-state index in [4.69, 9.17) is 11.6 Å². The van der Waals surface area contributed by atoms with Gasteiger partial charge in [0, 0.05) is 11.6 Å². The van der Waals surface area contributed by atoms with Crippen LogP contribution in [0.25, 0.3) is 11.1 Å². The molecule has 1 aromatic carbocycles. The molecule has 9 heteroatoms. The summed E-state index contributed by atoms with van der Waals surface area (Å²) < 4.78 is 41.2. The lowest BCUT2D eigenvalue weighted by Crippen LogP contribution is -2.49. The van der Waals surface area contributed by atoms with E-state index in [1.165, 1.54) is 29.9 Å². The zero-order valence-electron chi connectivity index (χ0n) is 13.4. The quantitative estimate of drug-likeness (QED) is 0.804. The van der Waals surface area contributed by atoms with Crippen LogP contribution in [0.2, 0.25) is 5.15 Å². The molecule has 0 aliphatic rings. The highest BCUT2D eigenvalue weighted by Crippen LogP contribution is 2.32. The van der Waals surface area contributed by atoms with Crippen molar-refractivity contribution in [2.24, 2.45) is 0 Å². The number of hydrogen-bond acceptors (Lipinski definition) is 3. The number of quaternary nitrogens is 1. The Labute approximate surface area is 145 Å². The molecule has 1 heterocycles. The largest absolute Gasteiger partial charge is 0.354 e. The first-order valence-electron chi connectivity index (χ1n) is 7.20. The number of benzene rings is 1. The van der Waals surface area contributed by atoms with Crippen LogP contribution in [0.3, 0.4) is 0 Å². The van der Waals surface area contributed by atoms with Gasteiger partial charge in [-0.15, -0.1) is 0 Å². The van der Waals surface area contributed by atoms with Crippen molar-refractivity contribution < 1.29 is 18.5 Å². The van der Waals surface area contributed by atoms with Gasteiger partial charge in [-0.3, -0.25) is 0 Å². The molecule has 0 saturated heterocycles. The Kier molecular flexibility index (Phi) is 5.76. The number of aryl methyl sites for hydroxylation is 1. The molecule has 0 radical (unpaired) electrons. The average molecular weight is 374 g/mol. The summed E-state index contributed by atoms with van der Waals surface area (Å²) >= 11 is 6.33. The summed E-state index contributed by atoms with van der Waals surface area (Å²) in [6, 6.07) is 6.35. The molecule has 0 spiro atoms. The van der Waals surface area contributed by atoms with Gasteiger partial charge < -0.3 is 5.73 Å². The number of aromatic nitrogens is 2. The molecule has 1 aromatic heterocycles. The number of hydrogen-bond donors (Lipinski definition) is 2. The van der Waals surface area contributed by atoms with Gasteiger partial charge in [0.25, 0.3) is 0 Å². The first-order chi connectivity index (χ1) is 11.3. The van der Waals surface area contributed by atoms with Crippen molar-refractivity contribution in [1.82, 2.24) is 14.5 Å². The second-order valence-corrected chi connectivity index (χ2v) is 7.33. The molecule has 0 saturated carbocycles. The topological polar surface area (TPSA) is 91.6 Å². The molecule has 0 amide bonds. The second-order valence-electron chi connectivity index (χ2n) is 5.08. The van der Waals surface area contributed by atoms with Crippen LogP contribution in [0.15, 0.2) is 41.1 Å². The Hall–Kier alpha value is -1.74. The minimum absolute atomic E-state index is 0.0936. The van der Waals surface area contributed by atoms with Crippen molar-refractivity contribution in [3.8, 4) is 11.1 Å². The summed E-state index contributed by atoms with van der Waals surface area (Å²) in [4.78, 5) is 0.119. The third-order valence-electron chi connectivity index (χ3n) is 3.43. The van der Waals surface area contributed by atoms with E-state index in [1.54, 1.807) is 19.1 Å². The van der Waals surface area contributed by atoms with Crippen molar-refractivity contribution in [1.29, 1.82) is 0 Å². The highest BCUT2D eigenvalue weighted by Gasteiger charge is 2.18. The summed E-state index contributed by atoms with van der Waals surface area (Å²) in [7, 11) is -2.23. The van der Waals surface area contributed by atoms with Crippen molar-refractivity contribution >= 4 is 21.6 Å². The summed E-state index contributed by atoms with van der Waals surface area (Å²) in [6.07, 6.45) is 1.35. The molecule has 0 aliphatic heterocycles. The normalized spacial score (nSPS) is 12.6. The lowest BCUT2D eigenvalue weighted by molar-refractivity contribution is -0.353. The van der Waals surface area contributed by atoms with Crippen LogP contribution in [0.4, 0.5) is 4.39 Å². The summed E-state index contributed by atoms with van der Waals surface area (Å²) in [5, 5.41) is 4.49. The van der Waals surface area contributed by atoms with Gasteiger partial charge in [0.2, 0.25) is 10.0 Å². The van der Waals surface area contributed by atoms with Gasteiger partial charge in [-0.1, -0.05) is 23.7 Å². The molecule has 24 heavy (non-hydrogen) atoms. The Morgan fingerprint density at radius 2 is 2.21 bits per heavy atom. The summed E-state index contributed by atoms with van der Waals surface area (Å²) in [5.41, 5.74) is 5.32. The molecule has 0 bridgehead atoms. The van der Waals surface area contributed by atoms with Crippen LogP contribution in [0, 0.1) is 6.92 Å². The smallest absolute Gasteiger partial charge is 0.240 e. The van der Waals surface area contributed by atoms with Gasteiger partial charge in [-0.25, -0.2) is 22.2 Å². The Morgan fingerprint density at radius 1 is 1.50 bits per heavy atom. The lowest BCUT2D eigenvalue weighted by atomic mass is 10.1. The van der Waals surface area contributed by atoms with E-state index in [0.29, 0.717) is 23.4 Å².